The van der Waals surface area contributed by atoms with Gasteiger partial charge in [0.25, 0.3) is 10.6 Å². The minimum Gasteiger partial charge on any atom is -0.354 e. The Labute approximate surface area is 228 Å². The van der Waals surface area contributed by atoms with Gasteiger partial charge in [0.05, 0.1) is 22.0 Å². The molecule has 0 unspecified atom stereocenters. The van der Waals surface area contributed by atoms with Gasteiger partial charge in [-0.25, -0.2) is 8.78 Å². The summed E-state index contributed by atoms with van der Waals surface area (Å²) in [5.41, 5.74) is 2.15. The normalized spacial score (nSPS) is 14.9. The first kappa shape index (κ1) is 24.8. The molecule has 5 aromatic rings. The Hall–Kier alpha value is -3.54. The molecule has 0 N–H and O–H groups in total. The van der Waals surface area contributed by atoms with Crippen LogP contribution in [0.15, 0.2) is 74.3 Å². The molecule has 6 nitrogen and oxygen atoms in total. The molecule has 0 saturated heterocycles. The summed E-state index contributed by atoms with van der Waals surface area (Å²) in [4.78, 5) is 15.3. The van der Waals surface area contributed by atoms with E-state index in [-0.39, 0.29) is 10.5 Å². The summed E-state index contributed by atoms with van der Waals surface area (Å²) in [6.45, 7) is 2.88. The third-order valence-corrected chi connectivity index (χ3v) is 9.59. The van der Waals surface area contributed by atoms with Crippen molar-refractivity contribution in [3.8, 4) is 11.3 Å². The van der Waals surface area contributed by atoms with Crippen LogP contribution in [0.1, 0.15) is 17.7 Å². The predicted molar refractivity (Wildman–Crippen MR) is 147 cm³/mol. The fourth-order valence-corrected chi connectivity index (χ4v) is 7.63. The highest BCUT2D eigenvalue weighted by Gasteiger charge is 2.29. The lowest BCUT2D eigenvalue weighted by Crippen LogP contribution is -2.36. The molecule has 0 spiro atoms. The summed E-state index contributed by atoms with van der Waals surface area (Å²) in [6.07, 6.45) is 3.94. The van der Waals surface area contributed by atoms with Crippen molar-refractivity contribution in [2.75, 3.05) is 11.9 Å². The van der Waals surface area contributed by atoms with Crippen LogP contribution >= 0.6 is 34.4 Å². The largest absolute Gasteiger partial charge is 0.354 e. The monoisotopic (exact) mass is 567 g/mol. The molecule has 6 rings (SSSR count). The number of thiazole rings is 2. The first-order valence-electron chi connectivity index (χ1n) is 11.8. The highest BCUT2D eigenvalue weighted by Crippen LogP contribution is 2.47. The maximum absolute atomic E-state index is 14.5. The molecule has 38 heavy (non-hydrogen) atoms. The van der Waals surface area contributed by atoms with E-state index in [4.69, 9.17) is 4.52 Å². The molecule has 0 atom stereocenters. The second kappa shape index (κ2) is 9.97. The number of benzene rings is 2. The molecule has 0 radical (unpaired) electrons. The first-order valence-corrected chi connectivity index (χ1v) is 14.3. The van der Waals surface area contributed by atoms with E-state index in [1.165, 1.54) is 17.4 Å². The van der Waals surface area contributed by atoms with Crippen molar-refractivity contribution in [3.63, 3.8) is 0 Å². The molecule has 1 aliphatic rings. The quantitative estimate of drug-likeness (QED) is 0.295. The lowest BCUT2D eigenvalue weighted by Gasteiger charge is -2.12. The summed E-state index contributed by atoms with van der Waals surface area (Å²) < 4.78 is 38.9. The molecule has 192 valence electrons. The van der Waals surface area contributed by atoms with Crippen LogP contribution in [0.25, 0.3) is 22.4 Å². The number of hydrogen-bond acceptors (Lipinski definition) is 7. The number of aromatic nitrogens is 3. The molecule has 0 amide bonds. The highest BCUT2D eigenvalue weighted by atomic mass is 32.2. The fraction of sp³-hybridized carbons (Fsp3) is 0.148. The van der Waals surface area contributed by atoms with E-state index in [0.717, 1.165) is 38.8 Å². The van der Waals surface area contributed by atoms with Crippen molar-refractivity contribution in [1.82, 2.24) is 9.72 Å². The van der Waals surface area contributed by atoms with Gasteiger partial charge in [-0.05, 0) is 19.1 Å². The van der Waals surface area contributed by atoms with Gasteiger partial charge in [-0.1, -0.05) is 58.6 Å². The number of nitrogens with zero attached hydrogens (tertiary/aromatic N) is 4. The van der Waals surface area contributed by atoms with Crippen molar-refractivity contribution in [2.24, 2.45) is 0 Å². The predicted octanol–water partition coefficient (Wildman–Crippen LogP) is 4.40. The standard InChI is InChI=1S/C27H21F2N4O2S3/c1-3-33-22(37-25(26(33)34)27-31(2)20-10-9-18(28)23(29)24(20)38-27)14-21-32(11-12-36-21)15-17-13-19(30-35-17)16-7-5-4-6-8-16/h4-14H,3,15H2,1-2H3/q+1. The van der Waals surface area contributed by atoms with E-state index in [1.54, 1.807) is 27.9 Å². The van der Waals surface area contributed by atoms with Gasteiger partial charge in [-0.3, -0.25) is 9.36 Å². The summed E-state index contributed by atoms with van der Waals surface area (Å²) in [7, 11) is 1.76. The minimum atomic E-state index is -0.901. The Bertz CT molecular complexity index is 1840. The fourth-order valence-electron chi connectivity index (χ4n) is 4.29. The second-order valence-electron chi connectivity index (χ2n) is 8.55. The molecular weight excluding hydrogens is 547 g/mol. The molecule has 0 saturated carbocycles. The zero-order valence-electron chi connectivity index (χ0n) is 20.4. The minimum absolute atomic E-state index is 0.155. The molecular formula is C27H21F2N4O2S3+. The van der Waals surface area contributed by atoms with Gasteiger partial charge in [-0.15, -0.1) is 11.3 Å². The lowest BCUT2D eigenvalue weighted by atomic mass is 10.1. The van der Waals surface area contributed by atoms with Crippen LogP contribution in [0.3, 0.4) is 0 Å². The van der Waals surface area contributed by atoms with Crippen LogP contribution in [0.4, 0.5) is 14.5 Å². The van der Waals surface area contributed by atoms with Gasteiger partial charge in [0, 0.05) is 25.2 Å². The molecule has 0 aliphatic carbocycles. The van der Waals surface area contributed by atoms with E-state index in [0.29, 0.717) is 34.1 Å². The topological polar surface area (TPSA) is 55.2 Å². The molecule has 2 aromatic carbocycles. The Morgan fingerprint density at radius 1 is 1.16 bits per heavy atom. The van der Waals surface area contributed by atoms with Gasteiger partial charge in [0.1, 0.15) is 19.9 Å². The SMILES string of the molecule is CCn1c(=Cc2scc[n+]2Cc2cc(-c3ccccc3)no2)sc(=C2Sc3c(ccc(F)c3F)N2C)c1=O. The van der Waals surface area contributed by atoms with Gasteiger partial charge < -0.3 is 9.42 Å². The summed E-state index contributed by atoms with van der Waals surface area (Å²) in [5, 5.41) is 7.71. The van der Waals surface area contributed by atoms with Crippen LogP contribution in [-0.2, 0) is 13.1 Å². The van der Waals surface area contributed by atoms with Gasteiger partial charge in [0.15, 0.2) is 17.8 Å². The zero-order chi connectivity index (χ0) is 26.4. The van der Waals surface area contributed by atoms with Crippen LogP contribution in [0, 0.1) is 11.6 Å². The Balaban J connectivity index is 1.38. The van der Waals surface area contributed by atoms with Crippen molar-refractivity contribution in [3.05, 3.63) is 102 Å². The van der Waals surface area contributed by atoms with E-state index in [1.807, 2.05) is 65.5 Å². The third-order valence-electron chi connectivity index (χ3n) is 6.23. The lowest BCUT2D eigenvalue weighted by molar-refractivity contribution is -0.687. The van der Waals surface area contributed by atoms with Crippen LogP contribution in [0.5, 0.6) is 0 Å². The van der Waals surface area contributed by atoms with Gasteiger partial charge in [-0.2, -0.15) is 4.57 Å². The van der Waals surface area contributed by atoms with E-state index >= 15 is 0 Å². The molecule has 3 aromatic heterocycles. The van der Waals surface area contributed by atoms with Crippen LogP contribution in [-0.4, -0.2) is 16.8 Å². The number of rotatable bonds is 5. The summed E-state index contributed by atoms with van der Waals surface area (Å²) in [5.74, 6) is -1.08. The third kappa shape index (κ3) is 4.30. The van der Waals surface area contributed by atoms with E-state index < -0.39 is 11.6 Å². The molecule has 11 heteroatoms. The maximum Gasteiger partial charge on any atom is 0.271 e. The van der Waals surface area contributed by atoms with Gasteiger partial charge in [0.2, 0.25) is 12.3 Å². The number of thioether (sulfide) groups is 1. The number of anilines is 1. The van der Waals surface area contributed by atoms with Crippen molar-refractivity contribution < 1.29 is 17.9 Å². The Kier molecular flexibility index (Phi) is 6.50. The average molecular weight is 568 g/mol. The Morgan fingerprint density at radius 3 is 2.76 bits per heavy atom. The van der Waals surface area contributed by atoms with E-state index in [9.17, 15) is 13.6 Å². The Morgan fingerprint density at radius 2 is 1.97 bits per heavy atom. The smallest absolute Gasteiger partial charge is 0.271 e. The van der Waals surface area contributed by atoms with Crippen LogP contribution in [0.2, 0.25) is 0 Å². The van der Waals surface area contributed by atoms with E-state index in [2.05, 4.69) is 5.16 Å². The maximum atomic E-state index is 14.5. The van der Waals surface area contributed by atoms with Crippen molar-refractivity contribution in [1.29, 1.82) is 0 Å². The van der Waals surface area contributed by atoms with Crippen molar-refractivity contribution in [2.45, 2.75) is 24.9 Å². The second-order valence-corrected chi connectivity index (χ2v) is 11.5. The molecule has 0 fully saturated rings. The molecule has 0 bridgehead atoms. The average Bonchev–Trinajstić information content (AvgIpc) is 3.70. The van der Waals surface area contributed by atoms with Gasteiger partial charge >= 0.3 is 0 Å². The molecule has 4 heterocycles. The zero-order valence-corrected chi connectivity index (χ0v) is 22.8. The number of halogens is 2. The number of hydrogen-bond donors (Lipinski definition) is 0. The highest BCUT2D eigenvalue weighted by molar-refractivity contribution is 8.08. The number of fused-ring (bicyclic) bond motifs is 1. The molecule has 1 aliphatic heterocycles. The first-order chi connectivity index (χ1) is 18.4. The van der Waals surface area contributed by atoms with Crippen LogP contribution < -0.4 is 24.2 Å². The summed E-state index contributed by atoms with van der Waals surface area (Å²) in [6, 6.07) is 14.4. The summed E-state index contributed by atoms with van der Waals surface area (Å²) >= 11 is 3.98. The van der Waals surface area contributed by atoms with Crippen molar-refractivity contribution >= 4 is 51.2 Å².